The van der Waals surface area contributed by atoms with Crippen molar-refractivity contribution >= 4 is 11.6 Å². The first-order valence-corrected chi connectivity index (χ1v) is 4.03. The summed E-state index contributed by atoms with van der Waals surface area (Å²) in [4.78, 5) is 0. The van der Waals surface area contributed by atoms with Crippen LogP contribution in [-0.4, -0.2) is 6.61 Å². The van der Waals surface area contributed by atoms with E-state index in [0.717, 1.165) is 17.2 Å². The Balaban J connectivity index is 2.45. The van der Waals surface area contributed by atoms with Gasteiger partial charge in [-0.1, -0.05) is 23.7 Å². The molecule has 11 heavy (non-hydrogen) atoms. The molecule has 1 aliphatic rings. The summed E-state index contributed by atoms with van der Waals surface area (Å²) < 4.78 is 5.17. The van der Waals surface area contributed by atoms with Gasteiger partial charge in [0.05, 0.1) is 6.61 Å². The minimum Gasteiger partial charge on any atom is -0.368 e. The van der Waals surface area contributed by atoms with Crippen LogP contribution in [0.1, 0.15) is 17.2 Å². The van der Waals surface area contributed by atoms with Crippen LogP contribution >= 0.6 is 11.6 Å². The topological polar surface area (TPSA) is 12.5 Å². The molecule has 1 fully saturated rings. The molecule has 0 bridgehead atoms. The number of rotatable bonds is 1. The molecule has 0 N–H and O–H groups in total. The maximum Gasteiger partial charge on any atom is 0.106 e. The number of hydrogen-bond donors (Lipinski definition) is 0. The van der Waals surface area contributed by atoms with Crippen LogP contribution in [-0.2, 0) is 4.74 Å². The van der Waals surface area contributed by atoms with Gasteiger partial charge in [-0.25, -0.2) is 0 Å². The molecule has 0 saturated carbocycles. The molecule has 1 saturated heterocycles. The van der Waals surface area contributed by atoms with Gasteiger partial charge in [0.2, 0.25) is 0 Å². The molecule has 2 rings (SSSR count). The van der Waals surface area contributed by atoms with E-state index in [4.69, 9.17) is 16.3 Å². The molecule has 1 aromatic carbocycles. The summed E-state index contributed by atoms with van der Waals surface area (Å²) in [6, 6.07) is 5.94. The minimum atomic E-state index is 0.314. The van der Waals surface area contributed by atoms with Crippen LogP contribution in [0.15, 0.2) is 18.2 Å². The van der Waals surface area contributed by atoms with E-state index in [1.807, 2.05) is 19.1 Å². The molecular weight excluding hydrogens is 160 g/mol. The van der Waals surface area contributed by atoms with E-state index in [9.17, 15) is 0 Å². The van der Waals surface area contributed by atoms with E-state index in [0.29, 0.717) is 6.10 Å². The van der Waals surface area contributed by atoms with Gasteiger partial charge < -0.3 is 4.74 Å². The highest BCUT2D eigenvalue weighted by Crippen LogP contribution is 2.34. The summed E-state index contributed by atoms with van der Waals surface area (Å²) in [6.07, 6.45) is 0.314. The molecule has 0 spiro atoms. The van der Waals surface area contributed by atoms with Crippen LogP contribution in [0, 0.1) is 6.92 Å². The Morgan fingerprint density at radius 2 is 2.27 bits per heavy atom. The zero-order chi connectivity index (χ0) is 7.84. The first-order chi connectivity index (χ1) is 5.29. The lowest BCUT2D eigenvalue weighted by Gasteiger charge is -2.02. The number of epoxide rings is 1. The second-order valence-corrected chi connectivity index (χ2v) is 3.18. The smallest absolute Gasteiger partial charge is 0.106 e. The average molecular weight is 169 g/mol. The van der Waals surface area contributed by atoms with Gasteiger partial charge in [-0.15, -0.1) is 0 Å². The van der Waals surface area contributed by atoms with Gasteiger partial charge in [0.15, 0.2) is 0 Å². The fraction of sp³-hybridized carbons (Fsp3) is 0.333. The Morgan fingerprint density at radius 3 is 2.91 bits per heavy atom. The lowest BCUT2D eigenvalue weighted by molar-refractivity contribution is 0.415. The van der Waals surface area contributed by atoms with Crippen LogP contribution in [0.25, 0.3) is 0 Å². The Morgan fingerprint density at radius 1 is 1.55 bits per heavy atom. The van der Waals surface area contributed by atoms with E-state index in [1.54, 1.807) is 0 Å². The van der Waals surface area contributed by atoms with Crippen molar-refractivity contribution in [2.24, 2.45) is 0 Å². The highest BCUT2D eigenvalue weighted by atomic mass is 35.5. The molecule has 2 heteroatoms. The predicted octanol–water partition coefficient (Wildman–Crippen LogP) is 2.72. The number of halogens is 1. The fourth-order valence-corrected chi connectivity index (χ4v) is 1.38. The summed E-state index contributed by atoms with van der Waals surface area (Å²) in [5, 5.41) is 0.831. The van der Waals surface area contributed by atoms with Crippen molar-refractivity contribution in [1.82, 2.24) is 0 Å². The van der Waals surface area contributed by atoms with Crippen LogP contribution in [0.2, 0.25) is 5.02 Å². The van der Waals surface area contributed by atoms with Crippen molar-refractivity contribution in [3.8, 4) is 0 Å². The molecule has 1 nitrogen and oxygen atoms in total. The van der Waals surface area contributed by atoms with Gasteiger partial charge in [-0.05, 0) is 24.1 Å². The normalized spacial score (nSPS) is 21.8. The molecule has 1 unspecified atom stereocenters. The van der Waals surface area contributed by atoms with Gasteiger partial charge in [-0.2, -0.15) is 0 Å². The Bertz CT molecular complexity index is 279. The van der Waals surface area contributed by atoms with Gasteiger partial charge in [0, 0.05) is 5.02 Å². The van der Waals surface area contributed by atoms with Crippen LogP contribution < -0.4 is 0 Å². The maximum atomic E-state index is 5.93. The second-order valence-electron chi connectivity index (χ2n) is 2.78. The fourth-order valence-electron chi connectivity index (χ4n) is 1.20. The third kappa shape index (κ3) is 1.26. The molecule has 0 aliphatic carbocycles. The maximum absolute atomic E-state index is 5.93. The molecule has 0 amide bonds. The Labute approximate surface area is 70.9 Å². The van der Waals surface area contributed by atoms with E-state index in [2.05, 4.69) is 6.07 Å². The number of benzene rings is 1. The molecule has 0 radical (unpaired) electrons. The van der Waals surface area contributed by atoms with E-state index in [1.165, 1.54) is 5.56 Å². The van der Waals surface area contributed by atoms with Crippen molar-refractivity contribution in [3.63, 3.8) is 0 Å². The quantitative estimate of drug-likeness (QED) is 0.588. The van der Waals surface area contributed by atoms with Gasteiger partial charge >= 0.3 is 0 Å². The SMILES string of the molecule is Cc1c(Cl)cccc1C1CO1. The van der Waals surface area contributed by atoms with Gasteiger partial charge in [0.25, 0.3) is 0 Å². The summed E-state index contributed by atoms with van der Waals surface area (Å²) in [5.74, 6) is 0. The van der Waals surface area contributed by atoms with Crippen molar-refractivity contribution in [1.29, 1.82) is 0 Å². The van der Waals surface area contributed by atoms with Gasteiger partial charge in [0.1, 0.15) is 6.10 Å². The standard InChI is InChI=1S/C9H9ClO/c1-6-7(9-5-11-9)3-2-4-8(6)10/h2-4,9H,5H2,1H3. The monoisotopic (exact) mass is 168 g/mol. The summed E-state index contributed by atoms with van der Waals surface area (Å²) in [5.41, 5.74) is 2.38. The molecule has 1 heterocycles. The van der Waals surface area contributed by atoms with Crippen molar-refractivity contribution in [2.45, 2.75) is 13.0 Å². The molecule has 58 valence electrons. The molecular formula is C9H9ClO. The average Bonchev–Trinajstić information content (AvgIpc) is 2.77. The number of hydrogen-bond acceptors (Lipinski definition) is 1. The van der Waals surface area contributed by atoms with Crippen molar-refractivity contribution in [3.05, 3.63) is 34.3 Å². The summed E-state index contributed by atoms with van der Waals surface area (Å²) in [6.45, 7) is 2.88. The molecule has 0 aromatic heterocycles. The lowest BCUT2D eigenvalue weighted by Crippen LogP contribution is -1.86. The third-order valence-corrected chi connectivity index (χ3v) is 2.40. The van der Waals surface area contributed by atoms with Crippen LogP contribution in [0.4, 0.5) is 0 Å². The predicted molar refractivity (Wildman–Crippen MR) is 44.9 cm³/mol. The molecule has 1 aromatic rings. The lowest BCUT2D eigenvalue weighted by atomic mass is 10.1. The highest BCUT2D eigenvalue weighted by molar-refractivity contribution is 6.31. The zero-order valence-corrected chi connectivity index (χ0v) is 7.06. The van der Waals surface area contributed by atoms with Crippen molar-refractivity contribution < 1.29 is 4.74 Å². The first kappa shape index (κ1) is 7.14. The number of ether oxygens (including phenoxy) is 1. The van der Waals surface area contributed by atoms with E-state index < -0.39 is 0 Å². The molecule has 1 aliphatic heterocycles. The molecule has 1 atom stereocenters. The van der Waals surface area contributed by atoms with E-state index >= 15 is 0 Å². The highest BCUT2D eigenvalue weighted by Gasteiger charge is 2.26. The first-order valence-electron chi connectivity index (χ1n) is 3.65. The van der Waals surface area contributed by atoms with Crippen LogP contribution in [0.5, 0.6) is 0 Å². The summed E-state index contributed by atoms with van der Waals surface area (Å²) in [7, 11) is 0. The Hall–Kier alpha value is -0.530. The van der Waals surface area contributed by atoms with Crippen LogP contribution in [0.3, 0.4) is 0 Å². The summed E-state index contributed by atoms with van der Waals surface area (Å²) >= 11 is 5.93. The van der Waals surface area contributed by atoms with Crippen molar-refractivity contribution in [2.75, 3.05) is 6.61 Å². The Kier molecular flexibility index (Phi) is 1.63. The second kappa shape index (κ2) is 2.50. The van der Waals surface area contributed by atoms with Gasteiger partial charge in [-0.3, -0.25) is 0 Å². The van der Waals surface area contributed by atoms with E-state index in [-0.39, 0.29) is 0 Å². The third-order valence-electron chi connectivity index (χ3n) is 1.99. The minimum absolute atomic E-state index is 0.314. The largest absolute Gasteiger partial charge is 0.368 e. The zero-order valence-electron chi connectivity index (χ0n) is 6.30.